The zero-order valence-corrected chi connectivity index (χ0v) is 15.2. The number of carbonyl (C=O) groups is 1. The summed E-state index contributed by atoms with van der Waals surface area (Å²) < 4.78 is 0. The molecule has 0 bridgehead atoms. The Morgan fingerprint density at radius 1 is 1.17 bits per heavy atom. The summed E-state index contributed by atoms with van der Waals surface area (Å²) in [6.45, 7) is 10.7. The van der Waals surface area contributed by atoms with Crippen molar-refractivity contribution in [1.29, 1.82) is 0 Å². The number of piperidine rings is 1. The molecule has 0 radical (unpaired) electrons. The van der Waals surface area contributed by atoms with E-state index in [1.165, 1.54) is 5.56 Å². The summed E-state index contributed by atoms with van der Waals surface area (Å²) in [6, 6.07) is 10.7. The molecule has 0 unspecified atom stereocenters. The summed E-state index contributed by atoms with van der Waals surface area (Å²) in [7, 11) is 0. The molecule has 1 heterocycles. The normalized spacial score (nSPS) is 15.9. The molecule has 1 saturated heterocycles. The molecule has 3 nitrogen and oxygen atoms in total. The number of carbonyl (C=O) groups excluding carboxylic acids is 1. The summed E-state index contributed by atoms with van der Waals surface area (Å²) in [5.41, 5.74) is 2.32. The highest BCUT2D eigenvalue weighted by Gasteiger charge is 2.31. The van der Waals surface area contributed by atoms with Gasteiger partial charge in [0.1, 0.15) is 0 Å². The minimum Gasteiger partial charge on any atom is -0.353 e. The van der Waals surface area contributed by atoms with E-state index in [9.17, 15) is 4.79 Å². The maximum Gasteiger partial charge on any atom is 0.220 e. The smallest absolute Gasteiger partial charge is 0.220 e. The molecule has 1 aliphatic rings. The summed E-state index contributed by atoms with van der Waals surface area (Å²) in [4.78, 5) is 12.6. The largest absolute Gasteiger partial charge is 0.353 e. The number of hydrogen-bond acceptors (Lipinski definition) is 2. The van der Waals surface area contributed by atoms with Crippen molar-refractivity contribution < 1.29 is 4.79 Å². The fraction of sp³-hybridized carbons (Fsp3) is 0.571. The third kappa shape index (κ3) is 5.20. The van der Waals surface area contributed by atoms with Gasteiger partial charge >= 0.3 is 0 Å². The Kier molecular flexibility index (Phi) is 7.04. The van der Waals surface area contributed by atoms with Gasteiger partial charge in [-0.2, -0.15) is 0 Å². The van der Waals surface area contributed by atoms with Gasteiger partial charge in [-0.15, -0.1) is 0 Å². The minimum atomic E-state index is 0.00389. The summed E-state index contributed by atoms with van der Waals surface area (Å²) in [5.74, 6) is 0.200. The molecule has 1 fully saturated rings. The second-order valence-electron chi connectivity index (χ2n) is 7.12. The molecule has 2 N–H and O–H groups in total. The second kappa shape index (κ2) is 9.03. The van der Waals surface area contributed by atoms with Crippen LogP contribution in [-0.2, 0) is 4.79 Å². The summed E-state index contributed by atoms with van der Waals surface area (Å²) in [5, 5.41) is 6.59. The van der Waals surface area contributed by atoms with Gasteiger partial charge < -0.3 is 10.6 Å². The van der Waals surface area contributed by atoms with Crippen molar-refractivity contribution in [3.8, 4) is 0 Å². The van der Waals surface area contributed by atoms with Crippen molar-refractivity contribution in [3.63, 3.8) is 0 Å². The average molecular weight is 328 g/mol. The molecule has 2 rings (SSSR count). The molecule has 24 heavy (non-hydrogen) atoms. The van der Waals surface area contributed by atoms with E-state index in [0.29, 0.717) is 12.5 Å². The van der Waals surface area contributed by atoms with E-state index in [4.69, 9.17) is 0 Å². The number of benzene rings is 1. The predicted octanol–water partition coefficient (Wildman–Crippen LogP) is 4.15. The molecule has 1 aliphatic heterocycles. The fourth-order valence-corrected chi connectivity index (χ4v) is 3.63. The molecule has 1 amide bonds. The van der Waals surface area contributed by atoms with E-state index < -0.39 is 0 Å². The number of rotatable bonds is 8. The van der Waals surface area contributed by atoms with Crippen LogP contribution in [0.25, 0.3) is 5.57 Å². The SMILES string of the molecule is C=C(CC(CC)(CC)CC(=O)NC1CCNCC1)c1ccccc1. The van der Waals surface area contributed by atoms with Crippen LogP contribution in [-0.4, -0.2) is 25.0 Å². The van der Waals surface area contributed by atoms with Crippen LogP contribution in [0, 0.1) is 5.41 Å². The van der Waals surface area contributed by atoms with E-state index in [1.807, 2.05) is 18.2 Å². The van der Waals surface area contributed by atoms with E-state index >= 15 is 0 Å². The third-order valence-corrected chi connectivity index (χ3v) is 5.51. The maximum atomic E-state index is 12.6. The lowest BCUT2D eigenvalue weighted by Crippen LogP contribution is -2.44. The number of hydrogen-bond donors (Lipinski definition) is 2. The zero-order chi connectivity index (χ0) is 17.4. The molecule has 132 valence electrons. The van der Waals surface area contributed by atoms with Crippen molar-refractivity contribution >= 4 is 11.5 Å². The molecule has 0 aliphatic carbocycles. The van der Waals surface area contributed by atoms with Crippen LogP contribution in [0.4, 0.5) is 0 Å². The Morgan fingerprint density at radius 2 is 1.79 bits per heavy atom. The molecule has 3 heteroatoms. The van der Waals surface area contributed by atoms with Gasteiger partial charge in [-0.25, -0.2) is 0 Å². The third-order valence-electron chi connectivity index (χ3n) is 5.51. The van der Waals surface area contributed by atoms with Gasteiger partial charge in [-0.05, 0) is 61.7 Å². The first-order valence-electron chi connectivity index (χ1n) is 9.32. The van der Waals surface area contributed by atoms with Gasteiger partial charge in [-0.1, -0.05) is 50.8 Å². The lowest BCUT2D eigenvalue weighted by Gasteiger charge is -2.33. The highest BCUT2D eigenvalue weighted by molar-refractivity contribution is 5.77. The van der Waals surface area contributed by atoms with Gasteiger partial charge in [0.05, 0.1) is 0 Å². The monoisotopic (exact) mass is 328 g/mol. The topological polar surface area (TPSA) is 41.1 Å². The zero-order valence-electron chi connectivity index (χ0n) is 15.2. The first kappa shape index (κ1) is 18.7. The maximum absolute atomic E-state index is 12.6. The van der Waals surface area contributed by atoms with E-state index in [-0.39, 0.29) is 11.3 Å². The molecule has 0 aromatic heterocycles. The van der Waals surface area contributed by atoms with Crippen LogP contribution in [0.3, 0.4) is 0 Å². The molecule has 1 aromatic carbocycles. The lowest BCUT2D eigenvalue weighted by atomic mass is 9.73. The first-order chi connectivity index (χ1) is 11.6. The standard InChI is InChI=1S/C21H32N2O/c1-4-21(5-2,15-17(3)18-9-7-6-8-10-18)16-20(24)23-19-11-13-22-14-12-19/h6-10,19,22H,3-5,11-16H2,1-2H3,(H,23,24). The van der Waals surface area contributed by atoms with E-state index in [2.05, 4.69) is 43.2 Å². The van der Waals surface area contributed by atoms with Gasteiger partial charge in [-0.3, -0.25) is 4.79 Å². The van der Waals surface area contributed by atoms with Crippen molar-refractivity contribution in [2.75, 3.05) is 13.1 Å². The van der Waals surface area contributed by atoms with Crippen molar-refractivity contribution in [2.24, 2.45) is 5.41 Å². The molecule has 1 aromatic rings. The van der Waals surface area contributed by atoms with Crippen LogP contribution in [0.1, 0.15) is 57.9 Å². The Morgan fingerprint density at radius 3 is 2.38 bits per heavy atom. The number of amides is 1. The second-order valence-corrected chi connectivity index (χ2v) is 7.12. The van der Waals surface area contributed by atoms with Gasteiger partial charge in [0.25, 0.3) is 0 Å². The Hall–Kier alpha value is -1.61. The van der Waals surface area contributed by atoms with Crippen molar-refractivity contribution in [1.82, 2.24) is 10.6 Å². The number of allylic oxidation sites excluding steroid dienone is 1. The van der Waals surface area contributed by atoms with E-state index in [0.717, 1.165) is 50.8 Å². The fourth-order valence-electron chi connectivity index (χ4n) is 3.63. The minimum absolute atomic E-state index is 0.00389. The lowest BCUT2D eigenvalue weighted by molar-refractivity contribution is -0.124. The van der Waals surface area contributed by atoms with E-state index in [1.54, 1.807) is 0 Å². The summed E-state index contributed by atoms with van der Waals surface area (Å²) in [6.07, 6.45) is 5.53. The van der Waals surface area contributed by atoms with Crippen molar-refractivity contribution in [2.45, 2.75) is 58.4 Å². The Labute approximate surface area is 146 Å². The predicted molar refractivity (Wildman–Crippen MR) is 102 cm³/mol. The Balaban J connectivity index is 1.98. The number of nitrogens with one attached hydrogen (secondary N) is 2. The molecular weight excluding hydrogens is 296 g/mol. The average Bonchev–Trinajstić information content (AvgIpc) is 2.62. The first-order valence-corrected chi connectivity index (χ1v) is 9.32. The molecule has 0 saturated carbocycles. The van der Waals surface area contributed by atoms with Gasteiger partial charge in [0.15, 0.2) is 0 Å². The highest BCUT2D eigenvalue weighted by Crippen LogP contribution is 2.39. The van der Waals surface area contributed by atoms with Crippen LogP contribution >= 0.6 is 0 Å². The van der Waals surface area contributed by atoms with Gasteiger partial charge in [0.2, 0.25) is 5.91 Å². The Bertz CT molecular complexity index is 528. The van der Waals surface area contributed by atoms with Crippen LogP contribution in [0.5, 0.6) is 0 Å². The van der Waals surface area contributed by atoms with Crippen molar-refractivity contribution in [3.05, 3.63) is 42.5 Å². The van der Waals surface area contributed by atoms with Crippen LogP contribution in [0.2, 0.25) is 0 Å². The van der Waals surface area contributed by atoms with Gasteiger partial charge in [0, 0.05) is 12.5 Å². The summed E-state index contributed by atoms with van der Waals surface area (Å²) >= 11 is 0. The highest BCUT2D eigenvalue weighted by atomic mass is 16.1. The molecular formula is C21H32N2O. The van der Waals surface area contributed by atoms with Crippen LogP contribution in [0.15, 0.2) is 36.9 Å². The molecule has 0 spiro atoms. The quantitative estimate of drug-likeness (QED) is 0.752. The van der Waals surface area contributed by atoms with Crippen LogP contribution < -0.4 is 10.6 Å². The molecule has 0 atom stereocenters.